The molecule has 0 N–H and O–H groups in total. The lowest BCUT2D eigenvalue weighted by Gasteiger charge is -2.28. The number of hydrogen-bond donors (Lipinski definition) is 0. The van der Waals surface area contributed by atoms with E-state index in [9.17, 15) is 9.59 Å². The Labute approximate surface area is 177 Å². The third-order valence-corrected chi connectivity index (χ3v) is 4.08. The maximum atomic E-state index is 12.9. The predicted molar refractivity (Wildman–Crippen MR) is 114 cm³/mol. The molecule has 0 spiro atoms. The van der Waals surface area contributed by atoms with Crippen LogP contribution in [0.5, 0.6) is 11.5 Å². The van der Waals surface area contributed by atoms with Crippen LogP contribution in [0, 0.1) is 0 Å². The van der Waals surface area contributed by atoms with E-state index in [0.717, 1.165) is 5.56 Å². The van der Waals surface area contributed by atoms with Crippen molar-refractivity contribution >= 4 is 17.7 Å². The number of esters is 1. The van der Waals surface area contributed by atoms with Gasteiger partial charge in [0.05, 0.1) is 26.3 Å². The Balaban J connectivity index is 2.36. The zero-order chi connectivity index (χ0) is 22.1. The van der Waals surface area contributed by atoms with Gasteiger partial charge in [0.1, 0.15) is 23.7 Å². The molecule has 7 heteroatoms. The van der Waals surface area contributed by atoms with Gasteiger partial charge in [-0.3, -0.25) is 9.69 Å². The van der Waals surface area contributed by atoms with Crippen LogP contribution in [-0.2, 0) is 20.9 Å². The summed E-state index contributed by atoms with van der Waals surface area (Å²) in [5, 5.41) is 0. The molecule has 0 aromatic heterocycles. The molecule has 0 unspecified atom stereocenters. The number of amides is 1. The Kier molecular flexibility index (Phi) is 8.09. The van der Waals surface area contributed by atoms with Crippen molar-refractivity contribution in [1.29, 1.82) is 0 Å². The van der Waals surface area contributed by atoms with Crippen LogP contribution in [0.2, 0.25) is 0 Å². The van der Waals surface area contributed by atoms with Crippen LogP contribution in [0.15, 0.2) is 48.5 Å². The summed E-state index contributed by atoms with van der Waals surface area (Å²) in [4.78, 5) is 26.0. The second-order valence-electron chi connectivity index (χ2n) is 7.57. The van der Waals surface area contributed by atoms with E-state index in [1.54, 1.807) is 46.1 Å². The lowest BCUT2D eigenvalue weighted by molar-refractivity contribution is -0.140. The van der Waals surface area contributed by atoms with Crippen LogP contribution >= 0.6 is 0 Å². The first kappa shape index (κ1) is 23.1. The average molecular weight is 415 g/mol. The van der Waals surface area contributed by atoms with Gasteiger partial charge in [-0.05, 0) is 38.5 Å². The Bertz CT molecular complexity index is 845. The smallest absolute Gasteiger partial charge is 0.414 e. The minimum Gasteiger partial charge on any atom is -0.497 e. The highest BCUT2D eigenvalue weighted by molar-refractivity contribution is 5.90. The molecule has 0 atom stereocenters. The van der Waals surface area contributed by atoms with Crippen molar-refractivity contribution < 1.29 is 28.5 Å². The molecule has 2 rings (SSSR count). The fraction of sp³-hybridized carbons (Fsp3) is 0.391. The van der Waals surface area contributed by atoms with E-state index in [1.165, 1.54) is 12.0 Å². The van der Waals surface area contributed by atoms with Crippen molar-refractivity contribution in [3.05, 3.63) is 54.1 Å². The van der Waals surface area contributed by atoms with Crippen LogP contribution in [0.25, 0.3) is 0 Å². The molecule has 2 aromatic carbocycles. The van der Waals surface area contributed by atoms with Crippen LogP contribution in [-0.4, -0.2) is 38.4 Å². The third kappa shape index (κ3) is 6.99. The van der Waals surface area contributed by atoms with Crippen LogP contribution in [0.4, 0.5) is 10.5 Å². The molecule has 0 aliphatic carbocycles. The first-order chi connectivity index (χ1) is 14.2. The minimum atomic E-state index is -0.696. The Morgan fingerprint density at radius 1 is 1.00 bits per heavy atom. The van der Waals surface area contributed by atoms with Gasteiger partial charge in [0.15, 0.2) is 0 Å². The first-order valence-electron chi connectivity index (χ1n) is 9.65. The summed E-state index contributed by atoms with van der Waals surface area (Å²) in [5.74, 6) is 0.594. The number of anilines is 1. The summed E-state index contributed by atoms with van der Waals surface area (Å²) in [7, 11) is 2.86. The van der Waals surface area contributed by atoms with E-state index < -0.39 is 17.7 Å². The maximum absolute atomic E-state index is 12.9. The van der Waals surface area contributed by atoms with Crippen LogP contribution in [0.1, 0.15) is 32.8 Å². The van der Waals surface area contributed by atoms with Gasteiger partial charge in [-0.1, -0.05) is 30.3 Å². The molecule has 0 bridgehead atoms. The highest BCUT2D eigenvalue weighted by Crippen LogP contribution is 2.34. The van der Waals surface area contributed by atoms with Crippen molar-refractivity contribution in [3.63, 3.8) is 0 Å². The summed E-state index contributed by atoms with van der Waals surface area (Å²) in [6.45, 7) is 5.73. The van der Waals surface area contributed by atoms with Gasteiger partial charge in [0.25, 0.3) is 0 Å². The molecule has 0 saturated carbocycles. The standard InChI is InChI=1S/C23H29NO6/c1-23(2,3)30-22(26)24(14-13-21(25)28-5)19-12-11-18(27-4)15-20(19)29-16-17-9-7-6-8-10-17/h6-12,15H,13-14,16H2,1-5H3. The Morgan fingerprint density at radius 2 is 1.70 bits per heavy atom. The van der Waals surface area contributed by atoms with E-state index in [1.807, 2.05) is 30.3 Å². The number of carbonyl (C=O) groups excluding carboxylic acids is 2. The van der Waals surface area contributed by atoms with Crippen LogP contribution < -0.4 is 14.4 Å². The normalized spacial score (nSPS) is 10.8. The van der Waals surface area contributed by atoms with E-state index in [4.69, 9.17) is 18.9 Å². The summed E-state index contributed by atoms with van der Waals surface area (Å²) >= 11 is 0. The molecule has 0 aliphatic heterocycles. The molecule has 0 radical (unpaired) electrons. The second-order valence-corrected chi connectivity index (χ2v) is 7.57. The van der Waals surface area contributed by atoms with Gasteiger partial charge < -0.3 is 18.9 Å². The molecule has 0 fully saturated rings. The SMILES string of the molecule is COC(=O)CCN(C(=O)OC(C)(C)C)c1ccc(OC)cc1OCc1ccccc1. The molecule has 7 nitrogen and oxygen atoms in total. The van der Waals surface area contributed by atoms with E-state index in [-0.39, 0.29) is 13.0 Å². The number of carbonyl (C=O) groups is 2. The van der Waals surface area contributed by atoms with E-state index >= 15 is 0 Å². The number of ether oxygens (including phenoxy) is 4. The van der Waals surface area contributed by atoms with Crippen LogP contribution in [0.3, 0.4) is 0 Å². The molecule has 1 amide bonds. The van der Waals surface area contributed by atoms with Crippen molar-refractivity contribution in [2.24, 2.45) is 0 Å². The number of benzene rings is 2. The zero-order valence-corrected chi connectivity index (χ0v) is 18.1. The highest BCUT2D eigenvalue weighted by Gasteiger charge is 2.26. The third-order valence-electron chi connectivity index (χ3n) is 4.08. The number of rotatable bonds is 8. The van der Waals surface area contributed by atoms with Gasteiger partial charge in [-0.25, -0.2) is 4.79 Å². The van der Waals surface area contributed by atoms with Gasteiger partial charge in [-0.15, -0.1) is 0 Å². The topological polar surface area (TPSA) is 74.3 Å². The molecule has 0 heterocycles. The molecule has 30 heavy (non-hydrogen) atoms. The number of nitrogens with zero attached hydrogens (tertiary/aromatic N) is 1. The lowest BCUT2D eigenvalue weighted by Crippen LogP contribution is -2.38. The average Bonchev–Trinajstić information content (AvgIpc) is 2.72. The van der Waals surface area contributed by atoms with Gasteiger partial charge in [-0.2, -0.15) is 0 Å². The quantitative estimate of drug-likeness (QED) is 0.588. The summed E-state index contributed by atoms with van der Waals surface area (Å²) in [5.41, 5.74) is 0.757. The molecule has 2 aromatic rings. The van der Waals surface area contributed by atoms with E-state index in [2.05, 4.69) is 0 Å². The van der Waals surface area contributed by atoms with Crippen molar-refractivity contribution in [3.8, 4) is 11.5 Å². The molecular weight excluding hydrogens is 386 g/mol. The lowest BCUT2D eigenvalue weighted by atomic mass is 10.2. The fourth-order valence-corrected chi connectivity index (χ4v) is 2.63. The summed E-state index contributed by atoms with van der Waals surface area (Å²) < 4.78 is 21.6. The van der Waals surface area contributed by atoms with Gasteiger partial charge in [0, 0.05) is 12.6 Å². The van der Waals surface area contributed by atoms with Crippen molar-refractivity contribution in [2.75, 3.05) is 25.7 Å². The van der Waals surface area contributed by atoms with E-state index in [0.29, 0.717) is 23.8 Å². The Hall–Kier alpha value is -3.22. The number of methoxy groups -OCH3 is 2. The predicted octanol–water partition coefficient (Wildman–Crippen LogP) is 4.58. The summed E-state index contributed by atoms with van der Waals surface area (Å²) in [6.07, 6.45) is -0.568. The molecule has 0 aliphatic rings. The number of hydrogen-bond acceptors (Lipinski definition) is 6. The fourth-order valence-electron chi connectivity index (χ4n) is 2.63. The van der Waals surface area contributed by atoms with Crippen molar-refractivity contribution in [2.45, 2.75) is 39.4 Å². The monoisotopic (exact) mass is 415 g/mol. The maximum Gasteiger partial charge on any atom is 0.414 e. The molecule has 162 valence electrons. The second kappa shape index (κ2) is 10.5. The largest absolute Gasteiger partial charge is 0.497 e. The van der Waals surface area contributed by atoms with Gasteiger partial charge >= 0.3 is 12.1 Å². The highest BCUT2D eigenvalue weighted by atomic mass is 16.6. The Morgan fingerprint density at radius 3 is 2.30 bits per heavy atom. The zero-order valence-electron chi connectivity index (χ0n) is 18.1. The first-order valence-corrected chi connectivity index (χ1v) is 9.65. The van der Waals surface area contributed by atoms with Crippen molar-refractivity contribution in [1.82, 2.24) is 0 Å². The molecular formula is C23H29NO6. The summed E-state index contributed by atoms with van der Waals surface area (Å²) in [6, 6.07) is 14.8. The molecule has 0 saturated heterocycles. The van der Waals surface area contributed by atoms with Gasteiger partial charge in [0.2, 0.25) is 0 Å². The minimum absolute atomic E-state index is 0.0138.